The van der Waals surface area contributed by atoms with Gasteiger partial charge in [0.25, 0.3) is 5.69 Å². The molecular weight excluding hydrogens is 326 g/mol. The highest BCUT2D eigenvalue weighted by atomic mass is 35.5. The van der Waals surface area contributed by atoms with Gasteiger partial charge in [0, 0.05) is 18.9 Å². The minimum Gasteiger partial charge on any atom is -0.467 e. The molecule has 0 saturated carbocycles. The summed E-state index contributed by atoms with van der Waals surface area (Å²) < 4.78 is 10.3. The van der Waals surface area contributed by atoms with E-state index in [9.17, 15) is 14.9 Å². The second kappa shape index (κ2) is 7.61. The van der Waals surface area contributed by atoms with Gasteiger partial charge in [0.1, 0.15) is 16.8 Å². The number of nitrogens with one attached hydrogen (secondary N) is 2. The predicted octanol–water partition coefficient (Wildman–Crippen LogP) is 3.35. The number of carbonyl (C=O) groups is 1. The normalized spacial score (nSPS) is 11.7. The van der Waals surface area contributed by atoms with E-state index in [1.807, 2.05) is 0 Å². The van der Waals surface area contributed by atoms with Crippen molar-refractivity contribution in [1.29, 1.82) is 0 Å². The number of furan rings is 1. The number of hydrogen-bond donors (Lipinski definition) is 2. The second-order valence-corrected chi connectivity index (χ2v) is 4.95. The summed E-state index contributed by atoms with van der Waals surface area (Å²) in [6.45, 7) is 0.224. The first-order valence-electron chi connectivity index (χ1n) is 6.55. The van der Waals surface area contributed by atoms with Crippen LogP contribution in [0.5, 0.6) is 0 Å². The fourth-order valence-electron chi connectivity index (χ4n) is 1.91. The van der Waals surface area contributed by atoms with E-state index in [1.54, 1.807) is 12.1 Å². The molecule has 0 spiro atoms. The summed E-state index contributed by atoms with van der Waals surface area (Å²) in [7, 11) is 1.51. The monoisotopic (exact) mass is 339 g/mol. The number of ether oxygens (including phenoxy) is 1. The van der Waals surface area contributed by atoms with Gasteiger partial charge in [-0.15, -0.1) is 0 Å². The van der Waals surface area contributed by atoms with Crippen molar-refractivity contribution in [2.24, 2.45) is 0 Å². The Morgan fingerprint density at radius 1 is 1.48 bits per heavy atom. The molecule has 2 N–H and O–H groups in total. The number of urea groups is 1. The quantitative estimate of drug-likeness (QED) is 0.620. The maximum atomic E-state index is 12.0. The lowest BCUT2D eigenvalue weighted by Crippen LogP contribution is -2.34. The minimum absolute atomic E-state index is 0.0627. The zero-order valence-corrected chi connectivity index (χ0v) is 12.9. The van der Waals surface area contributed by atoms with E-state index in [4.69, 9.17) is 20.8 Å². The van der Waals surface area contributed by atoms with Crippen LogP contribution in [0.4, 0.5) is 16.2 Å². The van der Waals surface area contributed by atoms with E-state index in [2.05, 4.69) is 10.6 Å². The molecule has 1 aromatic carbocycles. The number of carbonyl (C=O) groups excluding carboxylic acids is 1. The number of amides is 2. The number of benzene rings is 1. The summed E-state index contributed by atoms with van der Waals surface area (Å²) in [6.07, 6.45) is 1.49. The van der Waals surface area contributed by atoms with E-state index in [0.717, 1.165) is 0 Å². The molecule has 9 heteroatoms. The number of nitro benzene ring substituents is 1. The SMILES string of the molecule is COCC(NC(=O)Nc1ccc([N+](=O)[O-])c(Cl)c1)c1ccco1. The first-order chi connectivity index (χ1) is 11.0. The molecule has 1 unspecified atom stereocenters. The maximum absolute atomic E-state index is 12.0. The molecule has 0 bridgehead atoms. The molecule has 2 amide bonds. The molecular formula is C14H14ClN3O5. The number of rotatable bonds is 6. The third kappa shape index (κ3) is 4.44. The molecule has 23 heavy (non-hydrogen) atoms. The van der Waals surface area contributed by atoms with E-state index in [-0.39, 0.29) is 17.3 Å². The van der Waals surface area contributed by atoms with Crippen molar-refractivity contribution < 1.29 is 18.9 Å². The van der Waals surface area contributed by atoms with Crippen molar-refractivity contribution in [1.82, 2.24) is 5.32 Å². The van der Waals surface area contributed by atoms with E-state index in [1.165, 1.54) is 31.6 Å². The third-order valence-electron chi connectivity index (χ3n) is 2.93. The van der Waals surface area contributed by atoms with Gasteiger partial charge < -0.3 is 19.8 Å². The number of nitrogens with zero attached hydrogens (tertiary/aromatic N) is 1. The average Bonchev–Trinajstić information content (AvgIpc) is 3.00. The Kier molecular flexibility index (Phi) is 5.56. The highest BCUT2D eigenvalue weighted by Crippen LogP contribution is 2.27. The molecule has 8 nitrogen and oxygen atoms in total. The van der Waals surface area contributed by atoms with Crippen LogP contribution < -0.4 is 10.6 Å². The lowest BCUT2D eigenvalue weighted by atomic mass is 10.2. The molecule has 0 fully saturated rings. The average molecular weight is 340 g/mol. The number of methoxy groups -OCH3 is 1. The third-order valence-corrected chi connectivity index (χ3v) is 3.23. The summed E-state index contributed by atoms with van der Waals surface area (Å²) >= 11 is 5.80. The molecule has 1 atom stereocenters. The first kappa shape index (κ1) is 16.8. The number of anilines is 1. The largest absolute Gasteiger partial charge is 0.467 e. The Morgan fingerprint density at radius 2 is 2.26 bits per heavy atom. The van der Waals surface area contributed by atoms with E-state index >= 15 is 0 Å². The van der Waals surface area contributed by atoms with E-state index in [0.29, 0.717) is 11.4 Å². The Morgan fingerprint density at radius 3 is 2.83 bits per heavy atom. The zero-order chi connectivity index (χ0) is 16.8. The number of nitro groups is 1. The van der Waals surface area contributed by atoms with Gasteiger partial charge in [-0.3, -0.25) is 10.1 Å². The Bertz CT molecular complexity index is 690. The van der Waals surface area contributed by atoms with Crippen molar-refractivity contribution in [2.75, 3.05) is 19.0 Å². The van der Waals surface area contributed by atoms with Crippen LogP contribution in [0.3, 0.4) is 0 Å². The van der Waals surface area contributed by atoms with Gasteiger partial charge in [-0.2, -0.15) is 0 Å². The van der Waals surface area contributed by atoms with Gasteiger partial charge in [-0.1, -0.05) is 11.6 Å². The van der Waals surface area contributed by atoms with Crippen LogP contribution in [-0.4, -0.2) is 24.7 Å². The molecule has 122 valence electrons. The minimum atomic E-state index is -0.599. The first-order valence-corrected chi connectivity index (χ1v) is 6.93. The molecule has 0 aliphatic carbocycles. The van der Waals surface area contributed by atoms with Gasteiger partial charge in [0.2, 0.25) is 0 Å². The van der Waals surface area contributed by atoms with Crippen molar-refractivity contribution in [3.63, 3.8) is 0 Å². The smallest absolute Gasteiger partial charge is 0.319 e. The Hall–Kier alpha value is -2.58. The van der Waals surface area contributed by atoms with Crippen LogP contribution >= 0.6 is 11.6 Å². The highest BCUT2D eigenvalue weighted by molar-refractivity contribution is 6.33. The molecule has 0 radical (unpaired) electrons. The number of hydrogen-bond acceptors (Lipinski definition) is 5. The molecule has 2 rings (SSSR count). The predicted molar refractivity (Wildman–Crippen MR) is 83.6 cm³/mol. The second-order valence-electron chi connectivity index (χ2n) is 4.55. The summed E-state index contributed by atoms with van der Waals surface area (Å²) in [5.41, 5.74) is 0.0965. The summed E-state index contributed by atoms with van der Waals surface area (Å²) in [5, 5.41) is 15.9. The fraction of sp³-hybridized carbons (Fsp3) is 0.214. The van der Waals surface area contributed by atoms with Crippen LogP contribution in [0.1, 0.15) is 11.8 Å². The highest BCUT2D eigenvalue weighted by Gasteiger charge is 2.18. The fourth-order valence-corrected chi connectivity index (χ4v) is 2.16. The van der Waals surface area contributed by atoms with Crippen LogP contribution in [0, 0.1) is 10.1 Å². The van der Waals surface area contributed by atoms with Crippen molar-refractivity contribution in [3.05, 3.63) is 57.5 Å². The topological polar surface area (TPSA) is 107 Å². The molecule has 1 aromatic heterocycles. The molecule has 0 saturated heterocycles. The molecule has 2 aromatic rings. The zero-order valence-electron chi connectivity index (χ0n) is 12.1. The van der Waals surface area contributed by atoms with Crippen LogP contribution in [0.2, 0.25) is 5.02 Å². The van der Waals surface area contributed by atoms with Gasteiger partial charge in [-0.25, -0.2) is 4.79 Å². The lowest BCUT2D eigenvalue weighted by Gasteiger charge is -2.16. The van der Waals surface area contributed by atoms with Gasteiger partial charge >= 0.3 is 6.03 Å². The molecule has 0 aliphatic rings. The van der Waals surface area contributed by atoms with Gasteiger partial charge in [0.05, 0.1) is 17.8 Å². The van der Waals surface area contributed by atoms with Crippen LogP contribution in [0.15, 0.2) is 41.0 Å². The Balaban J connectivity index is 2.03. The summed E-state index contributed by atoms with van der Waals surface area (Å²) in [6, 6.07) is 6.34. The Labute approximate surface area is 136 Å². The van der Waals surface area contributed by atoms with Gasteiger partial charge in [0.15, 0.2) is 0 Å². The number of halogens is 1. The van der Waals surface area contributed by atoms with Crippen LogP contribution in [0.25, 0.3) is 0 Å². The standard InChI is InChI=1S/C14H14ClN3O5/c1-22-8-11(13-3-2-6-23-13)17-14(19)16-9-4-5-12(18(20)21)10(15)7-9/h2-7,11H,8H2,1H3,(H2,16,17,19). The van der Waals surface area contributed by atoms with Gasteiger partial charge in [-0.05, 0) is 24.3 Å². The summed E-state index contributed by atoms with van der Waals surface area (Å²) in [5.74, 6) is 0.545. The van der Waals surface area contributed by atoms with E-state index < -0.39 is 17.0 Å². The maximum Gasteiger partial charge on any atom is 0.319 e. The summed E-state index contributed by atoms with van der Waals surface area (Å²) in [4.78, 5) is 22.1. The van der Waals surface area contributed by atoms with Crippen molar-refractivity contribution >= 4 is 29.0 Å². The van der Waals surface area contributed by atoms with Crippen molar-refractivity contribution in [2.45, 2.75) is 6.04 Å². The lowest BCUT2D eigenvalue weighted by molar-refractivity contribution is -0.384. The van der Waals surface area contributed by atoms with Crippen molar-refractivity contribution in [3.8, 4) is 0 Å². The van der Waals surface area contributed by atoms with Crippen LogP contribution in [-0.2, 0) is 4.74 Å². The molecule has 0 aliphatic heterocycles. The molecule has 1 heterocycles.